The van der Waals surface area contributed by atoms with Crippen LogP contribution in [0.1, 0.15) is 23.1 Å². The summed E-state index contributed by atoms with van der Waals surface area (Å²) in [6, 6.07) is 3.57. The zero-order valence-electron chi connectivity index (χ0n) is 10.8. The van der Waals surface area contributed by atoms with Crippen molar-refractivity contribution in [1.82, 2.24) is 10.6 Å². The topological polar surface area (TPSA) is 41.1 Å². The SMILES string of the molecule is Cc1cc(CNC(=O)C2CCNC2)cc(C)c1F. The van der Waals surface area contributed by atoms with Crippen LogP contribution in [0.2, 0.25) is 0 Å². The fourth-order valence-corrected chi connectivity index (χ4v) is 2.35. The summed E-state index contributed by atoms with van der Waals surface area (Å²) in [6.07, 6.45) is 0.896. The summed E-state index contributed by atoms with van der Waals surface area (Å²) in [7, 11) is 0. The summed E-state index contributed by atoms with van der Waals surface area (Å²) in [5, 5.41) is 6.08. The monoisotopic (exact) mass is 250 g/mol. The standard InChI is InChI=1S/C14H19FN2O/c1-9-5-11(6-10(2)13(9)15)7-17-14(18)12-3-4-16-8-12/h5-6,12,16H,3-4,7-8H2,1-2H3,(H,17,18). The number of halogens is 1. The van der Waals surface area contributed by atoms with E-state index in [1.54, 1.807) is 26.0 Å². The Labute approximate surface area is 107 Å². The third-order valence-corrected chi connectivity index (χ3v) is 3.39. The quantitative estimate of drug-likeness (QED) is 0.856. The molecule has 98 valence electrons. The van der Waals surface area contributed by atoms with Crippen LogP contribution in [-0.2, 0) is 11.3 Å². The number of carbonyl (C=O) groups excluding carboxylic acids is 1. The van der Waals surface area contributed by atoms with Gasteiger partial charge in [0.25, 0.3) is 0 Å². The average molecular weight is 250 g/mol. The fourth-order valence-electron chi connectivity index (χ4n) is 2.35. The van der Waals surface area contributed by atoms with E-state index < -0.39 is 0 Å². The first-order valence-corrected chi connectivity index (χ1v) is 6.32. The van der Waals surface area contributed by atoms with E-state index in [0.717, 1.165) is 25.1 Å². The van der Waals surface area contributed by atoms with E-state index in [4.69, 9.17) is 0 Å². The summed E-state index contributed by atoms with van der Waals surface area (Å²) >= 11 is 0. The van der Waals surface area contributed by atoms with Gasteiger partial charge in [-0.1, -0.05) is 12.1 Å². The molecule has 3 nitrogen and oxygen atoms in total. The Morgan fingerprint density at radius 2 is 2.11 bits per heavy atom. The number of aryl methyl sites for hydroxylation is 2. The van der Waals surface area contributed by atoms with Gasteiger partial charge in [-0.25, -0.2) is 4.39 Å². The summed E-state index contributed by atoms with van der Waals surface area (Å²) in [5.41, 5.74) is 2.20. The molecule has 1 fully saturated rings. The highest BCUT2D eigenvalue weighted by Crippen LogP contribution is 2.15. The van der Waals surface area contributed by atoms with E-state index in [0.29, 0.717) is 17.7 Å². The number of amides is 1. The highest BCUT2D eigenvalue weighted by atomic mass is 19.1. The molecule has 0 bridgehead atoms. The first-order valence-electron chi connectivity index (χ1n) is 6.32. The second-order valence-corrected chi connectivity index (χ2v) is 4.95. The third kappa shape index (κ3) is 2.88. The van der Waals surface area contributed by atoms with Gasteiger partial charge < -0.3 is 10.6 Å². The summed E-state index contributed by atoms with van der Waals surface area (Å²) in [4.78, 5) is 11.8. The minimum Gasteiger partial charge on any atom is -0.352 e. The van der Waals surface area contributed by atoms with Gasteiger partial charge in [0.1, 0.15) is 5.82 Å². The third-order valence-electron chi connectivity index (χ3n) is 3.39. The molecule has 0 saturated carbocycles. The number of carbonyl (C=O) groups is 1. The van der Waals surface area contributed by atoms with Crippen molar-refractivity contribution in [2.24, 2.45) is 5.92 Å². The molecule has 1 aliphatic rings. The number of benzene rings is 1. The molecule has 0 radical (unpaired) electrons. The lowest BCUT2D eigenvalue weighted by Crippen LogP contribution is -2.31. The molecule has 1 atom stereocenters. The van der Waals surface area contributed by atoms with Crippen molar-refractivity contribution < 1.29 is 9.18 Å². The molecule has 0 spiro atoms. The minimum atomic E-state index is -0.162. The Hall–Kier alpha value is -1.42. The second-order valence-electron chi connectivity index (χ2n) is 4.95. The summed E-state index contributed by atoms with van der Waals surface area (Å²) in [6.45, 7) is 5.63. The second kappa shape index (κ2) is 5.48. The molecule has 1 unspecified atom stereocenters. The fraction of sp³-hybridized carbons (Fsp3) is 0.500. The predicted octanol–water partition coefficient (Wildman–Crippen LogP) is 1.67. The first kappa shape index (κ1) is 13.0. The largest absolute Gasteiger partial charge is 0.352 e. The van der Waals surface area contributed by atoms with Gasteiger partial charge in [0.2, 0.25) is 5.91 Å². The molecule has 1 amide bonds. The van der Waals surface area contributed by atoms with E-state index in [-0.39, 0.29) is 17.6 Å². The lowest BCUT2D eigenvalue weighted by Gasteiger charge is -2.11. The minimum absolute atomic E-state index is 0.0765. The predicted molar refractivity (Wildman–Crippen MR) is 68.7 cm³/mol. The molecule has 2 N–H and O–H groups in total. The van der Waals surface area contributed by atoms with Gasteiger partial charge >= 0.3 is 0 Å². The number of rotatable bonds is 3. The van der Waals surface area contributed by atoms with Gasteiger partial charge in [-0.15, -0.1) is 0 Å². The lowest BCUT2D eigenvalue weighted by molar-refractivity contribution is -0.124. The van der Waals surface area contributed by atoms with Gasteiger partial charge in [-0.3, -0.25) is 4.79 Å². The zero-order valence-corrected chi connectivity index (χ0v) is 10.8. The molecule has 1 heterocycles. The van der Waals surface area contributed by atoms with Crippen molar-refractivity contribution in [1.29, 1.82) is 0 Å². The molecule has 4 heteroatoms. The van der Waals surface area contributed by atoms with Crippen LogP contribution in [0.15, 0.2) is 12.1 Å². The highest BCUT2D eigenvalue weighted by Gasteiger charge is 2.21. The van der Waals surface area contributed by atoms with Crippen molar-refractivity contribution >= 4 is 5.91 Å². The van der Waals surface area contributed by atoms with Gasteiger partial charge in [-0.05, 0) is 43.5 Å². The van der Waals surface area contributed by atoms with Gasteiger partial charge in [0, 0.05) is 13.1 Å². The van der Waals surface area contributed by atoms with Crippen molar-refractivity contribution in [3.63, 3.8) is 0 Å². The average Bonchev–Trinajstić information content (AvgIpc) is 2.86. The molecule has 18 heavy (non-hydrogen) atoms. The van der Waals surface area contributed by atoms with E-state index in [9.17, 15) is 9.18 Å². The van der Waals surface area contributed by atoms with Crippen LogP contribution in [0.25, 0.3) is 0 Å². The Kier molecular flexibility index (Phi) is 3.97. The number of nitrogens with one attached hydrogen (secondary N) is 2. The molecule has 2 rings (SSSR count). The highest BCUT2D eigenvalue weighted by molar-refractivity contribution is 5.79. The summed E-state index contributed by atoms with van der Waals surface area (Å²) in [5.74, 6) is -0.00246. The van der Waals surface area contributed by atoms with E-state index in [1.165, 1.54) is 0 Å². The maximum absolute atomic E-state index is 13.5. The van der Waals surface area contributed by atoms with Gasteiger partial charge in [0.15, 0.2) is 0 Å². The van der Waals surface area contributed by atoms with Crippen molar-refractivity contribution in [2.45, 2.75) is 26.8 Å². The molecule has 0 aromatic heterocycles. The molecular weight excluding hydrogens is 231 g/mol. The van der Waals surface area contributed by atoms with E-state index in [1.807, 2.05) is 0 Å². The molecular formula is C14H19FN2O. The lowest BCUT2D eigenvalue weighted by atomic mass is 10.1. The van der Waals surface area contributed by atoms with Crippen LogP contribution in [0, 0.1) is 25.6 Å². The Balaban J connectivity index is 1.95. The molecule has 1 aliphatic heterocycles. The van der Waals surface area contributed by atoms with Gasteiger partial charge in [-0.2, -0.15) is 0 Å². The Morgan fingerprint density at radius 1 is 1.44 bits per heavy atom. The van der Waals surface area contributed by atoms with Crippen molar-refractivity contribution in [3.05, 3.63) is 34.6 Å². The normalized spacial score (nSPS) is 18.9. The van der Waals surface area contributed by atoms with Crippen molar-refractivity contribution in [2.75, 3.05) is 13.1 Å². The number of hydrogen-bond donors (Lipinski definition) is 2. The van der Waals surface area contributed by atoms with E-state index in [2.05, 4.69) is 10.6 Å². The molecule has 1 saturated heterocycles. The molecule has 1 aromatic rings. The first-order chi connectivity index (χ1) is 8.58. The Morgan fingerprint density at radius 3 is 2.67 bits per heavy atom. The van der Waals surface area contributed by atoms with Crippen molar-refractivity contribution in [3.8, 4) is 0 Å². The maximum atomic E-state index is 13.5. The van der Waals surface area contributed by atoms with Crippen LogP contribution >= 0.6 is 0 Å². The van der Waals surface area contributed by atoms with Crippen LogP contribution in [0.5, 0.6) is 0 Å². The van der Waals surface area contributed by atoms with E-state index >= 15 is 0 Å². The smallest absolute Gasteiger partial charge is 0.224 e. The molecule has 1 aromatic carbocycles. The Bertz CT molecular complexity index is 430. The zero-order chi connectivity index (χ0) is 13.1. The van der Waals surface area contributed by atoms with Gasteiger partial charge in [0.05, 0.1) is 5.92 Å². The van der Waals surface area contributed by atoms with Crippen LogP contribution in [-0.4, -0.2) is 19.0 Å². The number of hydrogen-bond acceptors (Lipinski definition) is 2. The van der Waals surface area contributed by atoms with Crippen LogP contribution in [0.4, 0.5) is 4.39 Å². The summed E-state index contributed by atoms with van der Waals surface area (Å²) < 4.78 is 13.5. The maximum Gasteiger partial charge on any atom is 0.224 e. The van der Waals surface area contributed by atoms with Crippen LogP contribution in [0.3, 0.4) is 0 Å². The van der Waals surface area contributed by atoms with Crippen LogP contribution < -0.4 is 10.6 Å². The molecule has 0 aliphatic carbocycles.